The zero-order valence-corrected chi connectivity index (χ0v) is 19.5. The van der Waals surface area contributed by atoms with Crippen molar-refractivity contribution in [2.45, 2.75) is 19.9 Å². The van der Waals surface area contributed by atoms with Crippen LogP contribution in [0.5, 0.6) is 5.75 Å². The molecule has 0 bridgehead atoms. The Balaban J connectivity index is 1.87. The van der Waals surface area contributed by atoms with Crippen LogP contribution in [0.1, 0.15) is 25.5 Å². The number of piperazine rings is 1. The molecule has 0 saturated carbocycles. The zero-order chi connectivity index (χ0) is 24.1. The third-order valence-electron chi connectivity index (χ3n) is 6.72. The molecule has 0 amide bonds. The second kappa shape index (κ2) is 8.37. The molecule has 1 saturated heterocycles. The molecule has 0 aliphatic carbocycles. The molecule has 3 heterocycles. The van der Waals surface area contributed by atoms with Crippen LogP contribution in [0, 0.1) is 17.1 Å². The lowest BCUT2D eigenvalue weighted by Crippen LogP contribution is -2.47. The van der Waals surface area contributed by atoms with E-state index in [1.807, 2.05) is 23.3 Å². The summed E-state index contributed by atoms with van der Waals surface area (Å²) in [5.41, 5.74) is 2.04. The second-order valence-corrected chi connectivity index (χ2v) is 8.94. The maximum atomic E-state index is 16.4. The number of halogens is 1. The maximum absolute atomic E-state index is 16.4. The van der Waals surface area contributed by atoms with Gasteiger partial charge in [-0.2, -0.15) is 5.26 Å². The molecule has 9 heteroatoms. The van der Waals surface area contributed by atoms with Crippen LogP contribution in [0.15, 0.2) is 29.1 Å². The van der Waals surface area contributed by atoms with Crippen LogP contribution in [0.25, 0.3) is 32.8 Å². The molecule has 0 spiro atoms. The largest absolute Gasteiger partial charge is 0.494 e. The summed E-state index contributed by atoms with van der Waals surface area (Å²) in [5, 5.41) is 10.7. The van der Waals surface area contributed by atoms with E-state index in [2.05, 4.69) is 16.0 Å². The monoisotopic (exact) mass is 457 g/mol. The number of nitriles is 1. The number of rotatable bonds is 4. The molecule has 172 valence electrons. The summed E-state index contributed by atoms with van der Waals surface area (Å²) in [6.07, 6.45) is 0.462. The van der Waals surface area contributed by atoms with E-state index < -0.39 is 5.82 Å². The van der Waals surface area contributed by atoms with Crippen molar-refractivity contribution in [2.24, 2.45) is 0 Å². The van der Waals surface area contributed by atoms with E-state index in [1.54, 1.807) is 24.3 Å². The number of fused-ring (bicyclic) bond motifs is 4. The first kappa shape index (κ1) is 22.3. The van der Waals surface area contributed by atoms with Crippen molar-refractivity contribution in [1.82, 2.24) is 14.5 Å². The van der Waals surface area contributed by atoms with Crippen molar-refractivity contribution in [3.63, 3.8) is 0 Å². The summed E-state index contributed by atoms with van der Waals surface area (Å²) in [7, 11) is 7.26. The quantitative estimate of drug-likeness (QED) is 0.475. The number of methoxy groups -OCH3 is 1. The molecule has 34 heavy (non-hydrogen) atoms. The number of pyridine rings is 1. The molecule has 2 radical (unpaired) electrons. The van der Waals surface area contributed by atoms with Gasteiger partial charge >= 0.3 is 0 Å². The van der Waals surface area contributed by atoms with Crippen LogP contribution in [-0.2, 0) is 0 Å². The number of H-pyrrole nitrogens is 1. The number of hydrogen-bond donors (Lipinski definition) is 1. The standard InChI is InChI=1S/C25H25BFN5O2/c1-14(2)32-22-17(24(33)20-16-5-4-15(12-28)10-18(16)29-25(20)32)11-19(34-3)23(21(22)27)31-8-6-30(13-26)7-9-31/h4-5,10-11,14,29H,6-9,13H2,1-3H3. The minimum absolute atomic E-state index is 0.140. The SMILES string of the molecule is [B]CN1CCN(c2c(OC)cc3c(=O)c4c5ccc(C#N)cc5[nH]c4n(C(C)C)c3c2F)CC1. The molecule has 0 unspecified atom stereocenters. The lowest BCUT2D eigenvalue weighted by Gasteiger charge is -2.36. The number of aromatic nitrogens is 2. The molecule has 1 aliphatic rings. The van der Waals surface area contributed by atoms with Gasteiger partial charge in [-0.15, -0.1) is 0 Å². The third-order valence-corrected chi connectivity index (χ3v) is 6.72. The van der Waals surface area contributed by atoms with Gasteiger partial charge in [0, 0.05) is 43.1 Å². The molecule has 4 aromatic rings. The Kier molecular flexibility index (Phi) is 5.49. The van der Waals surface area contributed by atoms with Gasteiger partial charge in [0.1, 0.15) is 17.1 Å². The lowest BCUT2D eigenvalue weighted by molar-refractivity contribution is 0.295. The van der Waals surface area contributed by atoms with E-state index in [1.165, 1.54) is 7.11 Å². The molecule has 1 aliphatic heterocycles. The average molecular weight is 457 g/mol. The van der Waals surface area contributed by atoms with Crippen LogP contribution in [0.3, 0.4) is 0 Å². The Bertz CT molecular complexity index is 1530. The first-order chi connectivity index (χ1) is 16.4. The molecular formula is C25H25BFN5O2. The lowest BCUT2D eigenvalue weighted by atomic mass is 10.1. The Morgan fingerprint density at radius 1 is 1.21 bits per heavy atom. The van der Waals surface area contributed by atoms with Gasteiger partial charge < -0.3 is 24.1 Å². The van der Waals surface area contributed by atoms with Crippen molar-refractivity contribution >= 4 is 46.4 Å². The van der Waals surface area contributed by atoms with Gasteiger partial charge in [-0.25, -0.2) is 4.39 Å². The number of nitrogens with zero attached hydrogens (tertiary/aromatic N) is 4. The van der Waals surface area contributed by atoms with Gasteiger partial charge in [-0.05, 0) is 38.5 Å². The highest BCUT2D eigenvalue weighted by molar-refractivity contribution is 6.10. The van der Waals surface area contributed by atoms with Crippen molar-refractivity contribution in [3.05, 3.63) is 45.9 Å². The number of hydrogen-bond acceptors (Lipinski definition) is 5. The molecule has 5 rings (SSSR count). The smallest absolute Gasteiger partial charge is 0.199 e. The Morgan fingerprint density at radius 3 is 2.56 bits per heavy atom. The summed E-state index contributed by atoms with van der Waals surface area (Å²) >= 11 is 0. The van der Waals surface area contributed by atoms with Crippen molar-refractivity contribution in [3.8, 4) is 11.8 Å². The highest BCUT2D eigenvalue weighted by Gasteiger charge is 2.28. The van der Waals surface area contributed by atoms with Gasteiger partial charge in [0.05, 0.1) is 42.9 Å². The van der Waals surface area contributed by atoms with Crippen molar-refractivity contribution in [1.29, 1.82) is 5.26 Å². The number of ether oxygens (including phenoxy) is 1. The van der Waals surface area contributed by atoms with E-state index in [0.717, 1.165) is 13.1 Å². The summed E-state index contributed by atoms with van der Waals surface area (Å²) in [6.45, 7) is 6.56. The van der Waals surface area contributed by atoms with Crippen LogP contribution < -0.4 is 15.1 Å². The molecule has 0 atom stereocenters. The van der Waals surface area contributed by atoms with Gasteiger partial charge in [0.25, 0.3) is 0 Å². The van der Waals surface area contributed by atoms with Gasteiger partial charge in [-0.1, -0.05) is 6.07 Å². The zero-order valence-electron chi connectivity index (χ0n) is 19.5. The van der Waals surface area contributed by atoms with Gasteiger partial charge in [0.2, 0.25) is 0 Å². The molecule has 2 aromatic carbocycles. The predicted molar refractivity (Wildman–Crippen MR) is 134 cm³/mol. The van der Waals surface area contributed by atoms with E-state index >= 15 is 4.39 Å². The summed E-state index contributed by atoms with van der Waals surface area (Å²) in [6, 6.07) is 8.81. The van der Waals surface area contributed by atoms with E-state index in [9.17, 15) is 10.1 Å². The number of aromatic amines is 1. The van der Waals surface area contributed by atoms with Crippen LogP contribution in [-0.4, -0.2) is 62.0 Å². The first-order valence-electron chi connectivity index (χ1n) is 11.4. The third kappa shape index (κ3) is 3.24. The van der Waals surface area contributed by atoms with E-state index in [-0.39, 0.29) is 22.4 Å². The highest BCUT2D eigenvalue weighted by atomic mass is 19.1. The van der Waals surface area contributed by atoms with Crippen LogP contribution in [0.2, 0.25) is 0 Å². The Hall–Kier alpha value is -3.51. The number of anilines is 1. The van der Waals surface area contributed by atoms with Gasteiger partial charge in [0.15, 0.2) is 11.2 Å². The Morgan fingerprint density at radius 2 is 1.94 bits per heavy atom. The van der Waals surface area contributed by atoms with E-state index in [0.29, 0.717) is 58.5 Å². The fraction of sp³-hybridized carbons (Fsp3) is 0.360. The second-order valence-electron chi connectivity index (χ2n) is 8.94. The van der Waals surface area contributed by atoms with Crippen LogP contribution >= 0.6 is 0 Å². The predicted octanol–water partition coefficient (Wildman–Crippen LogP) is 3.48. The highest BCUT2D eigenvalue weighted by Crippen LogP contribution is 2.39. The Labute approximate surface area is 197 Å². The summed E-state index contributed by atoms with van der Waals surface area (Å²) in [4.78, 5) is 21.1. The maximum Gasteiger partial charge on any atom is 0.199 e. The number of benzene rings is 2. The fourth-order valence-corrected chi connectivity index (χ4v) is 5.05. The summed E-state index contributed by atoms with van der Waals surface area (Å²) < 4.78 is 23.8. The number of nitrogens with one attached hydrogen (secondary N) is 1. The van der Waals surface area contributed by atoms with E-state index in [4.69, 9.17) is 12.6 Å². The average Bonchev–Trinajstić information content (AvgIpc) is 3.22. The van der Waals surface area contributed by atoms with Crippen molar-refractivity contribution in [2.75, 3.05) is 44.6 Å². The summed E-state index contributed by atoms with van der Waals surface area (Å²) in [5.74, 6) is -0.135. The fourth-order valence-electron chi connectivity index (χ4n) is 5.05. The van der Waals surface area contributed by atoms with Crippen molar-refractivity contribution < 1.29 is 9.13 Å². The minimum atomic E-state index is -0.473. The van der Waals surface area contributed by atoms with Crippen LogP contribution in [0.4, 0.5) is 10.1 Å². The minimum Gasteiger partial charge on any atom is -0.494 e. The molecule has 2 aromatic heterocycles. The first-order valence-corrected chi connectivity index (χ1v) is 11.4. The normalized spacial score (nSPS) is 15.0. The molecule has 1 N–H and O–H groups in total. The molecule has 1 fully saturated rings. The molecular weight excluding hydrogens is 432 g/mol. The topological polar surface area (TPSA) is 77.3 Å². The van der Waals surface area contributed by atoms with Gasteiger partial charge in [-0.3, -0.25) is 4.79 Å². The molecule has 7 nitrogen and oxygen atoms in total.